The second-order valence-corrected chi connectivity index (χ2v) is 11.1. The minimum atomic E-state index is -0.264. The summed E-state index contributed by atoms with van der Waals surface area (Å²) in [5.41, 5.74) is 7.54. The Morgan fingerprint density at radius 2 is 1.75 bits per heavy atom. The SMILES string of the molecule is CC(C)(CN)CNC(=O)c1ccc2c(c1)NC(=O)CC(C1CCCCC1)N2C(=O)c1ccc(Cl)cc1. The van der Waals surface area contributed by atoms with Crippen molar-refractivity contribution in [2.45, 2.75) is 58.4 Å². The molecule has 1 fully saturated rings. The highest BCUT2D eigenvalue weighted by atomic mass is 35.5. The van der Waals surface area contributed by atoms with Crippen molar-refractivity contribution < 1.29 is 14.4 Å². The van der Waals surface area contributed by atoms with Crippen LogP contribution in [0.1, 0.15) is 73.1 Å². The summed E-state index contributed by atoms with van der Waals surface area (Å²) in [6, 6.07) is 11.7. The number of rotatable bonds is 6. The summed E-state index contributed by atoms with van der Waals surface area (Å²) in [4.78, 5) is 41.6. The molecule has 1 aliphatic heterocycles. The number of nitrogens with zero attached hydrogens (tertiary/aromatic N) is 1. The smallest absolute Gasteiger partial charge is 0.258 e. The van der Waals surface area contributed by atoms with Crippen LogP contribution in [0.2, 0.25) is 5.02 Å². The van der Waals surface area contributed by atoms with E-state index in [-0.39, 0.29) is 41.5 Å². The van der Waals surface area contributed by atoms with Gasteiger partial charge in [-0.3, -0.25) is 14.4 Å². The highest BCUT2D eigenvalue weighted by Gasteiger charge is 2.38. The Morgan fingerprint density at radius 1 is 1.08 bits per heavy atom. The third-order valence-electron chi connectivity index (χ3n) is 7.30. The number of anilines is 2. The molecule has 2 aromatic carbocycles. The summed E-state index contributed by atoms with van der Waals surface area (Å²) >= 11 is 6.06. The van der Waals surface area contributed by atoms with Crippen LogP contribution in [0.5, 0.6) is 0 Å². The Bertz CT molecular complexity index is 1130. The number of nitrogens with one attached hydrogen (secondary N) is 2. The molecule has 1 saturated carbocycles. The topological polar surface area (TPSA) is 105 Å². The molecule has 0 saturated heterocycles. The fraction of sp³-hybridized carbons (Fsp3) is 0.464. The van der Waals surface area contributed by atoms with E-state index < -0.39 is 0 Å². The molecule has 0 spiro atoms. The van der Waals surface area contributed by atoms with Gasteiger partial charge in [0.05, 0.1) is 11.4 Å². The van der Waals surface area contributed by atoms with E-state index in [9.17, 15) is 14.4 Å². The average molecular weight is 511 g/mol. The lowest BCUT2D eigenvalue weighted by Crippen LogP contribution is -2.46. The number of halogens is 1. The number of amides is 3. The van der Waals surface area contributed by atoms with Gasteiger partial charge in [0.15, 0.2) is 0 Å². The normalized spacial score (nSPS) is 18.7. The summed E-state index contributed by atoms with van der Waals surface area (Å²) in [7, 11) is 0. The van der Waals surface area contributed by atoms with Crippen molar-refractivity contribution >= 4 is 40.7 Å². The fourth-order valence-electron chi connectivity index (χ4n) is 5.03. The molecule has 1 heterocycles. The summed E-state index contributed by atoms with van der Waals surface area (Å²) in [6.07, 6.45) is 5.54. The van der Waals surface area contributed by atoms with E-state index in [0.717, 1.165) is 25.7 Å². The molecule has 36 heavy (non-hydrogen) atoms. The zero-order valence-corrected chi connectivity index (χ0v) is 21.7. The van der Waals surface area contributed by atoms with Crippen LogP contribution in [-0.4, -0.2) is 36.9 Å². The predicted molar refractivity (Wildman–Crippen MR) is 143 cm³/mol. The van der Waals surface area contributed by atoms with Crippen molar-refractivity contribution in [2.75, 3.05) is 23.3 Å². The van der Waals surface area contributed by atoms with Crippen LogP contribution in [-0.2, 0) is 4.79 Å². The molecule has 0 radical (unpaired) electrons. The van der Waals surface area contributed by atoms with Crippen molar-refractivity contribution in [1.29, 1.82) is 0 Å². The second kappa shape index (κ2) is 11.0. The Labute approximate surface area is 217 Å². The van der Waals surface area contributed by atoms with E-state index in [1.54, 1.807) is 47.4 Å². The minimum Gasteiger partial charge on any atom is -0.351 e. The van der Waals surface area contributed by atoms with Crippen molar-refractivity contribution in [2.24, 2.45) is 17.1 Å². The Morgan fingerprint density at radius 3 is 2.42 bits per heavy atom. The Balaban J connectivity index is 1.71. The lowest BCUT2D eigenvalue weighted by Gasteiger charge is -2.37. The predicted octanol–water partition coefficient (Wildman–Crippen LogP) is 4.99. The first-order valence-electron chi connectivity index (χ1n) is 12.7. The van der Waals surface area contributed by atoms with Gasteiger partial charge in [0.2, 0.25) is 5.91 Å². The molecule has 1 aliphatic carbocycles. The maximum absolute atomic E-state index is 13.9. The van der Waals surface area contributed by atoms with Crippen LogP contribution in [0.3, 0.4) is 0 Å². The molecule has 7 nitrogen and oxygen atoms in total. The van der Waals surface area contributed by atoms with E-state index in [1.165, 1.54) is 6.42 Å². The summed E-state index contributed by atoms with van der Waals surface area (Å²) in [6.45, 7) is 4.83. The zero-order chi connectivity index (χ0) is 25.9. The number of nitrogens with two attached hydrogens (primary N) is 1. The van der Waals surface area contributed by atoms with Gasteiger partial charge in [-0.1, -0.05) is 44.7 Å². The monoisotopic (exact) mass is 510 g/mol. The average Bonchev–Trinajstić information content (AvgIpc) is 3.03. The molecule has 192 valence electrons. The van der Waals surface area contributed by atoms with Gasteiger partial charge in [0.1, 0.15) is 0 Å². The highest BCUT2D eigenvalue weighted by molar-refractivity contribution is 6.30. The first-order valence-corrected chi connectivity index (χ1v) is 13.1. The van der Waals surface area contributed by atoms with E-state index >= 15 is 0 Å². The zero-order valence-electron chi connectivity index (χ0n) is 21.0. The van der Waals surface area contributed by atoms with Crippen LogP contribution >= 0.6 is 11.6 Å². The molecule has 4 N–H and O–H groups in total. The van der Waals surface area contributed by atoms with Gasteiger partial charge in [0.25, 0.3) is 11.8 Å². The molecular formula is C28H35ClN4O3. The highest BCUT2D eigenvalue weighted by Crippen LogP contribution is 2.39. The molecule has 4 rings (SSSR count). The van der Waals surface area contributed by atoms with Crippen LogP contribution < -0.4 is 21.3 Å². The number of carbonyl (C=O) groups excluding carboxylic acids is 3. The lowest BCUT2D eigenvalue weighted by molar-refractivity contribution is -0.116. The van der Waals surface area contributed by atoms with Gasteiger partial charge in [0, 0.05) is 35.2 Å². The number of hydrogen-bond donors (Lipinski definition) is 3. The fourth-order valence-corrected chi connectivity index (χ4v) is 5.16. The quantitative estimate of drug-likeness (QED) is 0.509. The van der Waals surface area contributed by atoms with Crippen LogP contribution in [0.15, 0.2) is 42.5 Å². The van der Waals surface area contributed by atoms with Crippen molar-refractivity contribution in [1.82, 2.24) is 5.32 Å². The first-order chi connectivity index (χ1) is 17.2. The summed E-state index contributed by atoms with van der Waals surface area (Å²) in [5, 5.41) is 6.44. The van der Waals surface area contributed by atoms with E-state index in [1.807, 2.05) is 13.8 Å². The second-order valence-electron chi connectivity index (χ2n) is 10.7. The minimum absolute atomic E-state index is 0.153. The van der Waals surface area contributed by atoms with Gasteiger partial charge in [-0.25, -0.2) is 0 Å². The summed E-state index contributed by atoms with van der Waals surface area (Å²) in [5.74, 6) is -0.354. The van der Waals surface area contributed by atoms with Crippen LogP contribution in [0, 0.1) is 11.3 Å². The van der Waals surface area contributed by atoms with Gasteiger partial charge < -0.3 is 21.3 Å². The van der Waals surface area contributed by atoms with Gasteiger partial charge in [-0.15, -0.1) is 0 Å². The van der Waals surface area contributed by atoms with Crippen LogP contribution in [0.4, 0.5) is 11.4 Å². The molecule has 0 bridgehead atoms. The molecule has 8 heteroatoms. The van der Waals surface area contributed by atoms with Gasteiger partial charge in [-0.2, -0.15) is 0 Å². The Kier molecular flexibility index (Phi) is 8.00. The van der Waals surface area contributed by atoms with Crippen molar-refractivity contribution in [3.8, 4) is 0 Å². The molecule has 1 atom stereocenters. The molecular weight excluding hydrogens is 476 g/mol. The Hall–Kier alpha value is -2.90. The molecule has 3 amide bonds. The molecule has 1 unspecified atom stereocenters. The number of benzene rings is 2. The van der Waals surface area contributed by atoms with Crippen LogP contribution in [0.25, 0.3) is 0 Å². The lowest BCUT2D eigenvalue weighted by atomic mass is 9.81. The summed E-state index contributed by atoms with van der Waals surface area (Å²) < 4.78 is 0. The number of carbonyl (C=O) groups is 3. The molecule has 2 aliphatic rings. The maximum atomic E-state index is 13.9. The third kappa shape index (κ3) is 5.90. The maximum Gasteiger partial charge on any atom is 0.258 e. The van der Waals surface area contributed by atoms with Gasteiger partial charge >= 0.3 is 0 Å². The van der Waals surface area contributed by atoms with E-state index in [0.29, 0.717) is 40.6 Å². The van der Waals surface area contributed by atoms with Crippen molar-refractivity contribution in [3.05, 3.63) is 58.6 Å². The standard InChI is InChI=1S/C28H35ClN4O3/c1-28(2,16-30)17-31-26(35)20-10-13-23-22(14-20)32-25(34)15-24(18-6-4-3-5-7-18)33(23)27(36)19-8-11-21(29)12-9-19/h8-14,18,24H,3-7,15-17,30H2,1-2H3,(H,31,35)(H,32,34). The molecule has 2 aromatic rings. The largest absolute Gasteiger partial charge is 0.351 e. The van der Waals surface area contributed by atoms with E-state index in [2.05, 4.69) is 10.6 Å². The molecule has 0 aromatic heterocycles. The van der Waals surface area contributed by atoms with E-state index in [4.69, 9.17) is 17.3 Å². The van der Waals surface area contributed by atoms with Gasteiger partial charge in [-0.05, 0) is 73.2 Å². The number of hydrogen-bond acceptors (Lipinski definition) is 4. The van der Waals surface area contributed by atoms with Crippen molar-refractivity contribution in [3.63, 3.8) is 0 Å². The first kappa shape index (κ1) is 26.2. The number of fused-ring (bicyclic) bond motifs is 1. The third-order valence-corrected chi connectivity index (χ3v) is 7.55.